The van der Waals surface area contributed by atoms with E-state index in [0.29, 0.717) is 5.75 Å². The number of halogens is 1. The highest BCUT2D eigenvalue weighted by Gasteiger charge is 2.19. The van der Waals surface area contributed by atoms with Gasteiger partial charge in [-0.3, -0.25) is 0 Å². The van der Waals surface area contributed by atoms with Crippen LogP contribution in [0.1, 0.15) is 12.0 Å². The Balaban J connectivity index is 0.00000144. The summed E-state index contributed by atoms with van der Waals surface area (Å²) in [5, 5.41) is 2.44. The number of ether oxygens (including phenoxy) is 1. The van der Waals surface area contributed by atoms with Crippen molar-refractivity contribution in [1.82, 2.24) is 5.32 Å². The van der Waals surface area contributed by atoms with Crippen molar-refractivity contribution in [1.29, 1.82) is 0 Å². The lowest BCUT2D eigenvalue weighted by molar-refractivity contribution is -0.813. The van der Waals surface area contributed by atoms with Crippen LogP contribution in [-0.4, -0.2) is 26.7 Å². The highest BCUT2D eigenvalue weighted by Crippen LogP contribution is 2.22. The molecule has 0 saturated carbocycles. The van der Waals surface area contributed by atoms with Gasteiger partial charge in [0.15, 0.2) is 0 Å². The van der Waals surface area contributed by atoms with Crippen LogP contribution >= 0.6 is 0 Å². The fraction of sp³-hybridized carbons (Fsp3) is 0.417. The Morgan fingerprint density at radius 3 is 2.94 bits per heavy atom. The van der Waals surface area contributed by atoms with Crippen LogP contribution in [-0.2, 0) is 6.42 Å². The number of carbonyl (C=O) groups excluding carboxylic acids is 1. The number of rotatable bonds is 1. The summed E-state index contributed by atoms with van der Waals surface area (Å²) in [5.41, 5.74) is 2.60. The van der Waals surface area contributed by atoms with Gasteiger partial charge >= 0.3 is 6.09 Å². The van der Waals surface area contributed by atoms with Gasteiger partial charge in [0.05, 0.1) is 13.6 Å². The first-order valence-corrected chi connectivity index (χ1v) is 5.56. The van der Waals surface area contributed by atoms with Gasteiger partial charge in [-0.2, -0.15) is 0 Å². The van der Waals surface area contributed by atoms with Crippen LogP contribution in [0, 0.1) is 0 Å². The third-order valence-corrected chi connectivity index (χ3v) is 2.95. The first kappa shape index (κ1) is 13.8. The third kappa shape index (κ3) is 3.11. The van der Waals surface area contributed by atoms with Crippen molar-refractivity contribution in [3.8, 4) is 5.75 Å². The number of nitrogens with one attached hydrogen (secondary N) is 2. The maximum Gasteiger partial charge on any atom is 0.412 e. The maximum absolute atomic E-state index is 11.1. The summed E-state index contributed by atoms with van der Waals surface area (Å²) in [7, 11) is 3.69. The summed E-state index contributed by atoms with van der Waals surface area (Å²) >= 11 is 0. The largest absolute Gasteiger partial charge is 1.00 e. The number of carbonyl (C=O) groups is 1. The molecular formula is C12H17ClN2O2. The second kappa shape index (κ2) is 5.89. The molecule has 17 heavy (non-hydrogen) atoms. The minimum Gasteiger partial charge on any atom is -1.00 e. The average Bonchev–Trinajstić information content (AvgIpc) is 2.30. The molecule has 4 nitrogen and oxygen atoms in total. The lowest BCUT2D eigenvalue weighted by Crippen LogP contribution is -3.04. The molecule has 0 bridgehead atoms. The molecule has 2 N–H and O–H groups in total. The van der Waals surface area contributed by atoms with E-state index in [-0.39, 0.29) is 12.4 Å². The molecule has 1 aliphatic rings. The standard InChI is InChI=1S/C12H16N2O2.ClH/c1-13-12(15)16-10-6-5-9-4-3-7-14(2)11(9)8-10;/h5-6,8H,3-4,7H2,1-2H3,(H,13,15);1H. The predicted molar refractivity (Wildman–Crippen MR) is 61.3 cm³/mol. The average molecular weight is 257 g/mol. The van der Waals surface area contributed by atoms with E-state index in [4.69, 9.17) is 4.74 Å². The van der Waals surface area contributed by atoms with E-state index in [0.717, 1.165) is 13.0 Å². The highest BCUT2D eigenvalue weighted by atomic mass is 35.5. The third-order valence-electron chi connectivity index (χ3n) is 2.95. The second-order valence-corrected chi connectivity index (χ2v) is 4.09. The van der Waals surface area contributed by atoms with E-state index in [1.165, 1.54) is 22.6 Å². The monoisotopic (exact) mass is 256 g/mol. The molecule has 0 spiro atoms. The van der Waals surface area contributed by atoms with Gasteiger partial charge in [0.2, 0.25) is 0 Å². The van der Waals surface area contributed by atoms with E-state index < -0.39 is 6.09 Å². The van der Waals surface area contributed by atoms with E-state index in [1.807, 2.05) is 12.1 Å². The van der Waals surface area contributed by atoms with Crippen molar-refractivity contribution >= 4 is 11.8 Å². The van der Waals surface area contributed by atoms with Crippen LogP contribution in [0.2, 0.25) is 0 Å². The molecular weight excluding hydrogens is 240 g/mol. The fourth-order valence-corrected chi connectivity index (χ4v) is 2.07. The number of aryl methyl sites for hydroxylation is 1. The van der Waals surface area contributed by atoms with Gasteiger partial charge < -0.3 is 27.4 Å². The molecule has 1 heterocycles. The van der Waals surface area contributed by atoms with Crippen molar-refractivity contribution < 1.29 is 26.8 Å². The van der Waals surface area contributed by atoms with Gasteiger partial charge in [-0.05, 0) is 18.6 Å². The summed E-state index contributed by atoms with van der Waals surface area (Å²) < 4.78 is 5.11. The molecule has 1 amide bonds. The molecule has 1 aromatic rings. The Hall–Kier alpha value is -1.26. The van der Waals surface area contributed by atoms with Crippen LogP contribution in [0.3, 0.4) is 0 Å². The lowest BCUT2D eigenvalue weighted by Gasteiger charge is -2.22. The predicted octanol–water partition coefficient (Wildman–Crippen LogP) is -2.50. The molecule has 1 atom stereocenters. The van der Waals surface area contributed by atoms with E-state index in [2.05, 4.69) is 18.4 Å². The van der Waals surface area contributed by atoms with Gasteiger partial charge in [-0.25, -0.2) is 4.79 Å². The smallest absolute Gasteiger partial charge is 0.412 e. The van der Waals surface area contributed by atoms with Crippen molar-refractivity contribution in [3.05, 3.63) is 23.8 Å². The summed E-state index contributed by atoms with van der Waals surface area (Å²) in [6, 6.07) is 5.86. The van der Waals surface area contributed by atoms with Gasteiger partial charge in [0.1, 0.15) is 11.4 Å². The SMILES string of the molecule is CNC(=O)Oc1ccc2c(c1)[NH+](C)CCC2.[Cl-]. The van der Waals surface area contributed by atoms with E-state index in [1.54, 1.807) is 7.05 Å². The molecule has 0 fully saturated rings. The Labute approximate surface area is 107 Å². The number of fused-ring (bicyclic) bond motifs is 1. The van der Waals surface area contributed by atoms with Gasteiger partial charge in [0.25, 0.3) is 0 Å². The summed E-state index contributed by atoms with van der Waals surface area (Å²) in [5.74, 6) is 0.611. The number of benzene rings is 1. The van der Waals surface area contributed by atoms with Crippen molar-refractivity contribution in [2.75, 3.05) is 20.6 Å². The Bertz CT molecular complexity index is 409. The Morgan fingerprint density at radius 1 is 1.47 bits per heavy atom. The zero-order valence-electron chi connectivity index (χ0n) is 10.0. The summed E-state index contributed by atoms with van der Waals surface area (Å²) in [6.45, 7) is 1.14. The minimum absolute atomic E-state index is 0. The Morgan fingerprint density at radius 2 is 2.24 bits per heavy atom. The molecule has 0 aromatic heterocycles. The molecule has 1 aliphatic heterocycles. The molecule has 94 valence electrons. The highest BCUT2D eigenvalue weighted by molar-refractivity contribution is 5.70. The van der Waals surface area contributed by atoms with E-state index >= 15 is 0 Å². The summed E-state index contributed by atoms with van der Waals surface area (Å²) in [4.78, 5) is 12.5. The van der Waals surface area contributed by atoms with Gasteiger partial charge in [-0.1, -0.05) is 0 Å². The molecule has 2 rings (SSSR count). The van der Waals surface area contributed by atoms with Gasteiger partial charge in [0, 0.05) is 25.1 Å². The normalized spacial score (nSPS) is 17.6. The number of quaternary nitrogens is 1. The minimum atomic E-state index is -0.423. The zero-order valence-corrected chi connectivity index (χ0v) is 10.8. The van der Waals surface area contributed by atoms with Crippen molar-refractivity contribution in [2.24, 2.45) is 0 Å². The molecule has 5 heteroatoms. The van der Waals surface area contributed by atoms with Crippen molar-refractivity contribution in [3.63, 3.8) is 0 Å². The zero-order chi connectivity index (χ0) is 11.5. The molecule has 1 aromatic carbocycles. The van der Waals surface area contributed by atoms with Crippen molar-refractivity contribution in [2.45, 2.75) is 12.8 Å². The first-order chi connectivity index (χ1) is 7.70. The van der Waals surface area contributed by atoms with Crippen LogP contribution in [0.15, 0.2) is 18.2 Å². The van der Waals surface area contributed by atoms with Gasteiger partial charge in [-0.15, -0.1) is 0 Å². The fourth-order valence-electron chi connectivity index (χ4n) is 2.07. The molecule has 1 unspecified atom stereocenters. The quantitative estimate of drug-likeness (QED) is 0.584. The first-order valence-electron chi connectivity index (χ1n) is 5.56. The molecule has 0 radical (unpaired) electrons. The van der Waals surface area contributed by atoms with E-state index in [9.17, 15) is 4.79 Å². The number of amides is 1. The maximum atomic E-state index is 11.1. The molecule has 0 saturated heterocycles. The van der Waals surface area contributed by atoms with Crippen LogP contribution in [0.5, 0.6) is 5.75 Å². The molecule has 0 aliphatic carbocycles. The van der Waals surface area contributed by atoms with Crippen LogP contribution in [0.25, 0.3) is 0 Å². The number of hydrogen-bond donors (Lipinski definition) is 2. The lowest BCUT2D eigenvalue weighted by atomic mass is 10.0. The summed E-state index contributed by atoms with van der Waals surface area (Å²) in [6.07, 6.45) is 1.91. The number of hydrogen-bond acceptors (Lipinski definition) is 2. The Kier molecular flexibility index (Phi) is 4.78. The topological polar surface area (TPSA) is 42.8 Å². The van der Waals surface area contributed by atoms with Crippen LogP contribution in [0.4, 0.5) is 10.5 Å². The van der Waals surface area contributed by atoms with Crippen LogP contribution < -0.4 is 27.4 Å². The second-order valence-electron chi connectivity index (χ2n) is 4.09.